The van der Waals surface area contributed by atoms with Gasteiger partial charge in [-0.2, -0.15) is 0 Å². The van der Waals surface area contributed by atoms with E-state index in [-0.39, 0.29) is 17.0 Å². The highest BCUT2D eigenvalue weighted by Gasteiger charge is 2.33. The van der Waals surface area contributed by atoms with Crippen molar-refractivity contribution < 1.29 is 32.5 Å². The number of methoxy groups -OCH3 is 1. The summed E-state index contributed by atoms with van der Waals surface area (Å²) in [5.41, 5.74) is -0.0341. The molecular formula is C10H10F3NO4. The summed E-state index contributed by atoms with van der Waals surface area (Å²) in [6, 6.07) is 1.26. The van der Waals surface area contributed by atoms with Crippen LogP contribution in [0.3, 0.4) is 0 Å². The number of alkyl halides is 3. The molecule has 0 saturated heterocycles. The molecule has 8 heteroatoms. The molecule has 0 aliphatic carbocycles. The highest BCUT2D eigenvalue weighted by atomic mass is 19.4. The van der Waals surface area contributed by atoms with Crippen molar-refractivity contribution in [2.75, 3.05) is 7.11 Å². The number of hydrogen-bond acceptors (Lipinski definition) is 4. The van der Waals surface area contributed by atoms with Crippen LogP contribution >= 0.6 is 0 Å². The molecule has 0 unspecified atom stereocenters. The van der Waals surface area contributed by atoms with Crippen LogP contribution in [0, 0.1) is 6.92 Å². The molecule has 0 saturated carbocycles. The average molecular weight is 265 g/mol. The van der Waals surface area contributed by atoms with Gasteiger partial charge in [-0.05, 0) is 6.92 Å². The van der Waals surface area contributed by atoms with Crippen LogP contribution in [0.15, 0.2) is 6.07 Å². The van der Waals surface area contributed by atoms with Crippen LogP contribution in [0.1, 0.15) is 11.3 Å². The molecule has 1 N–H and O–H groups in total. The first-order chi connectivity index (χ1) is 8.23. The van der Waals surface area contributed by atoms with Gasteiger partial charge in [-0.15, -0.1) is 13.2 Å². The number of ether oxygens (including phenoxy) is 2. The Bertz CT molecular complexity index is 459. The highest BCUT2D eigenvalue weighted by Crippen LogP contribution is 2.30. The fraction of sp³-hybridized carbons (Fsp3) is 0.400. The van der Waals surface area contributed by atoms with E-state index in [1.54, 1.807) is 0 Å². The van der Waals surface area contributed by atoms with Crippen molar-refractivity contribution in [3.05, 3.63) is 17.3 Å². The van der Waals surface area contributed by atoms with Crippen molar-refractivity contribution in [3.63, 3.8) is 0 Å². The van der Waals surface area contributed by atoms with Crippen molar-refractivity contribution in [1.82, 2.24) is 4.98 Å². The first-order valence-corrected chi connectivity index (χ1v) is 4.75. The Hall–Kier alpha value is -1.99. The molecule has 5 nitrogen and oxygen atoms in total. The van der Waals surface area contributed by atoms with Gasteiger partial charge in [0.1, 0.15) is 5.75 Å². The molecule has 1 aromatic rings. The third-order valence-electron chi connectivity index (χ3n) is 2.00. The summed E-state index contributed by atoms with van der Waals surface area (Å²) in [5, 5.41) is 8.58. The lowest BCUT2D eigenvalue weighted by molar-refractivity contribution is -0.276. The van der Waals surface area contributed by atoms with Crippen molar-refractivity contribution in [2.24, 2.45) is 0 Å². The molecular weight excluding hydrogens is 255 g/mol. The quantitative estimate of drug-likeness (QED) is 0.900. The molecule has 0 bridgehead atoms. The predicted octanol–water partition coefficient (Wildman–Crippen LogP) is 1.92. The third kappa shape index (κ3) is 3.79. The van der Waals surface area contributed by atoms with Crippen LogP contribution < -0.4 is 9.47 Å². The van der Waals surface area contributed by atoms with E-state index in [2.05, 4.69) is 9.72 Å². The van der Waals surface area contributed by atoms with Gasteiger partial charge in [-0.1, -0.05) is 0 Å². The van der Waals surface area contributed by atoms with Gasteiger partial charge in [-0.25, -0.2) is 4.98 Å². The van der Waals surface area contributed by atoms with E-state index >= 15 is 0 Å². The summed E-state index contributed by atoms with van der Waals surface area (Å²) >= 11 is 0. The summed E-state index contributed by atoms with van der Waals surface area (Å²) < 4.78 is 45.0. The maximum Gasteiger partial charge on any atom is 0.574 e. The van der Waals surface area contributed by atoms with Gasteiger partial charge in [0.25, 0.3) is 0 Å². The van der Waals surface area contributed by atoms with Gasteiger partial charge in [0.15, 0.2) is 0 Å². The number of aliphatic carboxylic acids is 1. The fourth-order valence-electron chi connectivity index (χ4n) is 1.28. The van der Waals surface area contributed by atoms with E-state index < -0.39 is 24.6 Å². The molecule has 1 rings (SSSR count). The van der Waals surface area contributed by atoms with E-state index in [4.69, 9.17) is 9.84 Å². The maximum atomic E-state index is 12.1. The Morgan fingerprint density at radius 2 is 2.11 bits per heavy atom. The molecule has 0 aromatic carbocycles. The lowest BCUT2D eigenvalue weighted by atomic mass is 10.2. The van der Waals surface area contributed by atoms with E-state index in [9.17, 15) is 18.0 Å². The number of carbonyl (C=O) groups is 1. The lowest BCUT2D eigenvalue weighted by Gasteiger charge is -2.14. The monoisotopic (exact) mass is 265 g/mol. The predicted molar refractivity (Wildman–Crippen MR) is 53.5 cm³/mol. The van der Waals surface area contributed by atoms with E-state index in [0.29, 0.717) is 0 Å². The Morgan fingerprint density at radius 1 is 1.50 bits per heavy atom. The second-order valence-electron chi connectivity index (χ2n) is 3.36. The Morgan fingerprint density at radius 3 is 2.56 bits per heavy atom. The van der Waals surface area contributed by atoms with Gasteiger partial charge in [-0.3, -0.25) is 4.79 Å². The number of hydrogen-bond donors (Lipinski definition) is 1. The zero-order valence-corrected chi connectivity index (χ0v) is 9.54. The van der Waals surface area contributed by atoms with Crippen LogP contribution in [0.2, 0.25) is 0 Å². The number of aromatic nitrogens is 1. The summed E-state index contributed by atoms with van der Waals surface area (Å²) in [6.07, 6.45) is -5.42. The molecule has 1 aromatic heterocycles. The molecule has 0 radical (unpaired) electrons. The molecule has 18 heavy (non-hydrogen) atoms. The van der Waals surface area contributed by atoms with Crippen molar-refractivity contribution >= 4 is 5.97 Å². The second-order valence-corrected chi connectivity index (χ2v) is 3.36. The van der Waals surface area contributed by atoms with Crippen LogP contribution in [-0.4, -0.2) is 29.5 Å². The van der Waals surface area contributed by atoms with E-state index in [0.717, 1.165) is 0 Å². The molecule has 0 atom stereocenters. The average Bonchev–Trinajstić information content (AvgIpc) is 2.19. The number of carboxylic acids is 1. The van der Waals surface area contributed by atoms with Gasteiger partial charge in [0, 0.05) is 6.07 Å². The Labute approximate surface area is 100 Å². The minimum Gasteiger partial charge on any atom is -0.496 e. The minimum atomic E-state index is -4.90. The molecule has 0 spiro atoms. The molecule has 1 heterocycles. The number of halogens is 3. The van der Waals surface area contributed by atoms with Gasteiger partial charge in [0.2, 0.25) is 5.88 Å². The second kappa shape index (κ2) is 5.11. The summed E-state index contributed by atoms with van der Waals surface area (Å²) in [5.74, 6) is -1.84. The van der Waals surface area contributed by atoms with Crippen LogP contribution in [0.25, 0.3) is 0 Å². The molecule has 100 valence electrons. The third-order valence-corrected chi connectivity index (χ3v) is 2.00. The number of carboxylic acid groups (broad SMARTS) is 1. The normalized spacial score (nSPS) is 11.2. The van der Waals surface area contributed by atoms with Crippen LogP contribution in [0.5, 0.6) is 11.6 Å². The topological polar surface area (TPSA) is 68.7 Å². The zero-order chi connectivity index (χ0) is 13.9. The smallest absolute Gasteiger partial charge is 0.496 e. The maximum absolute atomic E-state index is 12.1. The Kier molecular flexibility index (Phi) is 4.00. The van der Waals surface area contributed by atoms with Gasteiger partial charge in [0.05, 0.1) is 24.8 Å². The highest BCUT2D eigenvalue weighted by molar-refractivity contribution is 5.70. The van der Waals surface area contributed by atoms with Crippen molar-refractivity contribution in [3.8, 4) is 11.6 Å². The summed E-state index contributed by atoms with van der Waals surface area (Å²) in [4.78, 5) is 14.0. The van der Waals surface area contributed by atoms with E-state index in [1.165, 1.54) is 20.1 Å². The minimum absolute atomic E-state index is 0.0453. The van der Waals surface area contributed by atoms with Gasteiger partial charge < -0.3 is 14.6 Å². The summed E-state index contributed by atoms with van der Waals surface area (Å²) in [7, 11) is 1.25. The SMILES string of the molecule is COc1cc(CC(=O)O)nc(OC(F)(F)F)c1C. The molecule has 0 amide bonds. The summed E-state index contributed by atoms with van der Waals surface area (Å²) in [6.45, 7) is 1.33. The van der Waals surface area contributed by atoms with Crippen LogP contribution in [-0.2, 0) is 11.2 Å². The largest absolute Gasteiger partial charge is 0.574 e. The Balaban J connectivity index is 3.18. The van der Waals surface area contributed by atoms with Crippen molar-refractivity contribution in [2.45, 2.75) is 19.7 Å². The van der Waals surface area contributed by atoms with Crippen LogP contribution in [0.4, 0.5) is 13.2 Å². The van der Waals surface area contributed by atoms with Gasteiger partial charge >= 0.3 is 12.3 Å². The van der Waals surface area contributed by atoms with Crippen molar-refractivity contribution in [1.29, 1.82) is 0 Å². The standard InChI is InChI=1S/C10H10F3NO4/c1-5-7(17-2)3-6(4-8(15)16)14-9(5)18-10(11,12)13/h3H,4H2,1-2H3,(H,15,16). The molecule has 0 fully saturated rings. The molecule has 0 aliphatic rings. The number of nitrogens with zero attached hydrogens (tertiary/aromatic N) is 1. The lowest BCUT2D eigenvalue weighted by Crippen LogP contribution is -2.19. The first kappa shape index (κ1) is 14.1. The number of rotatable bonds is 4. The molecule has 0 aliphatic heterocycles. The van der Waals surface area contributed by atoms with E-state index in [1.807, 2.05) is 0 Å². The first-order valence-electron chi connectivity index (χ1n) is 4.75. The fourth-order valence-corrected chi connectivity index (χ4v) is 1.28. The zero-order valence-electron chi connectivity index (χ0n) is 9.54. The number of pyridine rings is 1.